The van der Waals surface area contributed by atoms with E-state index in [1.165, 1.54) is 21.9 Å². The molecule has 0 aliphatic carbocycles. The van der Waals surface area contributed by atoms with E-state index in [0.717, 1.165) is 9.75 Å². The normalized spacial score (nSPS) is 17.1. The third-order valence-electron chi connectivity index (χ3n) is 3.97. The number of carbonyl (C=O) groups is 2. The summed E-state index contributed by atoms with van der Waals surface area (Å²) in [7, 11) is -3.16. The van der Waals surface area contributed by atoms with E-state index in [2.05, 4.69) is 5.32 Å². The first-order valence-corrected chi connectivity index (χ1v) is 10.3. The minimum Gasteiger partial charge on any atom is -0.355 e. The largest absolute Gasteiger partial charge is 0.355 e. The molecule has 128 valence electrons. The Balaban J connectivity index is 1.74. The van der Waals surface area contributed by atoms with Crippen molar-refractivity contribution in [3.05, 3.63) is 21.9 Å². The zero-order chi connectivity index (χ0) is 17.0. The molecule has 0 atom stereocenters. The SMILES string of the molecule is CC(=O)c1ccc(CCNC(=O)C2CCN(S(C)(=O)=O)CC2)s1. The molecule has 6 nitrogen and oxygen atoms in total. The molecule has 1 aromatic heterocycles. The lowest BCUT2D eigenvalue weighted by Crippen LogP contribution is -2.42. The number of ketones is 1. The van der Waals surface area contributed by atoms with Gasteiger partial charge in [-0.25, -0.2) is 12.7 Å². The van der Waals surface area contributed by atoms with Gasteiger partial charge in [0.2, 0.25) is 15.9 Å². The van der Waals surface area contributed by atoms with E-state index in [1.54, 1.807) is 6.92 Å². The fourth-order valence-electron chi connectivity index (χ4n) is 2.60. The number of Topliss-reactive ketones (excluding diaryl/α,β-unsaturated/α-hetero) is 1. The highest BCUT2D eigenvalue weighted by atomic mass is 32.2. The lowest BCUT2D eigenvalue weighted by atomic mass is 9.97. The molecule has 2 heterocycles. The summed E-state index contributed by atoms with van der Waals surface area (Å²) in [4.78, 5) is 25.2. The maximum Gasteiger partial charge on any atom is 0.223 e. The first-order valence-electron chi connectivity index (χ1n) is 7.60. The number of hydrogen-bond donors (Lipinski definition) is 1. The lowest BCUT2D eigenvalue weighted by Gasteiger charge is -2.29. The van der Waals surface area contributed by atoms with Crippen molar-refractivity contribution >= 4 is 33.1 Å². The van der Waals surface area contributed by atoms with Crippen molar-refractivity contribution in [2.24, 2.45) is 5.92 Å². The average Bonchev–Trinajstić information content (AvgIpc) is 2.95. The number of amides is 1. The molecular weight excluding hydrogens is 336 g/mol. The fraction of sp³-hybridized carbons (Fsp3) is 0.600. The van der Waals surface area contributed by atoms with Crippen LogP contribution in [0.5, 0.6) is 0 Å². The maximum atomic E-state index is 12.1. The monoisotopic (exact) mass is 358 g/mol. The number of thiophene rings is 1. The molecule has 0 bridgehead atoms. The van der Waals surface area contributed by atoms with E-state index in [-0.39, 0.29) is 17.6 Å². The van der Waals surface area contributed by atoms with Crippen LogP contribution in [0.4, 0.5) is 0 Å². The molecule has 23 heavy (non-hydrogen) atoms. The van der Waals surface area contributed by atoms with Gasteiger partial charge in [-0.1, -0.05) is 0 Å². The number of carbonyl (C=O) groups excluding carboxylic acids is 2. The van der Waals surface area contributed by atoms with Gasteiger partial charge in [0.15, 0.2) is 5.78 Å². The van der Waals surface area contributed by atoms with Gasteiger partial charge in [-0.05, 0) is 38.3 Å². The van der Waals surface area contributed by atoms with Crippen LogP contribution in [-0.4, -0.2) is 50.3 Å². The quantitative estimate of drug-likeness (QED) is 0.777. The van der Waals surface area contributed by atoms with E-state index < -0.39 is 10.0 Å². The van der Waals surface area contributed by atoms with Crippen LogP contribution < -0.4 is 5.32 Å². The first kappa shape index (κ1) is 18.1. The summed E-state index contributed by atoms with van der Waals surface area (Å²) >= 11 is 1.46. The molecule has 1 saturated heterocycles. The predicted molar refractivity (Wildman–Crippen MR) is 90.2 cm³/mol. The number of rotatable bonds is 6. The highest BCUT2D eigenvalue weighted by Gasteiger charge is 2.28. The molecule has 0 saturated carbocycles. The topological polar surface area (TPSA) is 83.6 Å². The van der Waals surface area contributed by atoms with Gasteiger partial charge in [0, 0.05) is 30.4 Å². The first-order chi connectivity index (χ1) is 10.8. The number of hydrogen-bond acceptors (Lipinski definition) is 5. The van der Waals surface area contributed by atoms with Gasteiger partial charge in [0.05, 0.1) is 11.1 Å². The molecule has 1 aliphatic heterocycles. The van der Waals surface area contributed by atoms with Crippen LogP contribution in [0.25, 0.3) is 0 Å². The third-order valence-corrected chi connectivity index (χ3v) is 6.52. The van der Waals surface area contributed by atoms with Gasteiger partial charge in [0.25, 0.3) is 0 Å². The number of sulfonamides is 1. The highest BCUT2D eigenvalue weighted by molar-refractivity contribution is 7.88. The Bertz CT molecular complexity index is 673. The Morgan fingerprint density at radius 2 is 1.96 bits per heavy atom. The minimum atomic E-state index is -3.16. The molecule has 8 heteroatoms. The summed E-state index contributed by atoms with van der Waals surface area (Å²) in [6.45, 7) is 2.89. The lowest BCUT2D eigenvalue weighted by molar-refractivity contribution is -0.126. The summed E-state index contributed by atoms with van der Waals surface area (Å²) in [5, 5.41) is 2.91. The van der Waals surface area contributed by atoms with Gasteiger partial charge in [-0.3, -0.25) is 9.59 Å². The maximum absolute atomic E-state index is 12.1. The highest BCUT2D eigenvalue weighted by Crippen LogP contribution is 2.20. The van der Waals surface area contributed by atoms with E-state index in [0.29, 0.717) is 38.9 Å². The van der Waals surface area contributed by atoms with E-state index in [9.17, 15) is 18.0 Å². The van der Waals surface area contributed by atoms with Gasteiger partial charge in [-0.2, -0.15) is 0 Å². The van der Waals surface area contributed by atoms with Gasteiger partial charge in [0.1, 0.15) is 0 Å². The van der Waals surface area contributed by atoms with Crippen molar-refractivity contribution in [1.29, 1.82) is 0 Å². The second kappa shape index (κ2) is 7.55. The smallest absolute Gasteiger partial charge is 0.223 e. The van der Waals surface area contributed by atoms with Crippen LogP contribution in [0.2, 0.25) is 0 Å². The molecule has 1 fully saturated rings. The predicted octanol–water partition coefficient (Wildman–Crippen LogP) is 1.28. The Morgan fingerprint density at radius 1 is 1.30 bits per heavy atom. The van der Waals surface area contributed by atoms with Crippen LogP contribution >= 0.6 is 11.3 Å². The van der Waals surface area contributed by atoms with Gasteiger partial charge >= 0.3 is 0 Å². The number of nitrogens with one attached hydrogen (secondary N) is 1. The van der Waals surface area contributed by atoms with Crippen molar-refractivity contribution in [3.63, 3.8) is 0 Å². The summed E-state index contributed by atoms with van der Waals surface area (Å²) in [5.74, 6) is -0.0754. The van der Waals surface area contributed by atoms with Gasteiger partial charge in [-0.15, -0.1) is 11.3 Å². The summed E-state index contributed by atoms with van der Waals surface area (Å²) in [6.07, 6.45) is 3.02. The van der Waals surface area contributed by atoms with Crippen molar-refractivity contribution in [2.45, 2.75) is 26.2 Å². The average molecular weight is 358 g/mol. The zero-order valence-electron chi connectivity index (χ0n) is 13.4. The van der Waals surface area contributed by atoms with Crippen LogP contribution in [0.15, 0.2) is 12.1 Å². The van der Waals surface area contributed by atoms with E-state index in [1.807, 2.05) is 12.1 Å². The van der Waals surface area contributed by atoms with Crippen molar-refractivity contribution in [3.8, 4) is 0 Å². The zero-order valence-corrected chi connectivity index (χ0v) is 15.0. The fourth-order valence-corrected chi connectivity index (χ4v) is 4.38. The Kier molecular flexibility index (Phi) is 5.94. The van der Waals surface area contributed by atoms with Crippen molar-refractivity contribution in [1.82, 2.24) is 9.62 Å². The Morgan fingerprint density at radius 3 is 2.48 bits per heavy atom. The van der Waals surface area contributed by atoms with Crippen LogP contribution in [0, 0.1) is 5.92 Å². The van der Waals surface area contributed by atoms with Crippen LogP contribution in [0.3, 0.4) is 0 Å². The molecule has 0 radical (unpaired) electrons. The van der Waals surface area contributed by atoms with Crippen molar-refractivity contribution < 1.29 is 18.0 Å². The number of piperidine rings is 1. The molecule has 2 rings (SSSR count). The summed E-state index contributed by atoms with van der Waals surface area (Å²) < 4.78 is 24.3. The standard InChI is InChI=1S/C15H22N2O4S2/c1-11(18)14-4-3-13(22-14)5-8-16-15(19)12-6-9-17(10-7-12)23(2,20)21/h3-4,12H,5-10H2,1-2H3,(H,16,19). The molecular formula is C15H22N2O4S2. The minimum absolute atomic E-state index is 0.0125. The van der Waals surface area contributed by atoms with Crippen LogP contribution in [0.1, 0.15) is 34.3 Å². The molecule has 0 spiro atoms. The molecule has 0 aromatic carbocycles. The summed E-state index contributed by atoms with van der Waals surface area (Å²) in [6, 6.07) is 3.73. The Labute approximate surface area is 140 Å². The molecule has 1 aliphatic rings. The number of nitrogens with zero attached hydrogens (tertiary/aromatic N) is 1. The molecule has 0 unspecified atom stereocenters. The second-order valence-electron chi connectivity index (χ2n) is 5.80. The van der Waals surface area contributed by atoms with Gasteiger partial charge < -0.3 is 5.32 Å². The van der Waals surface area contributed by atoms with Crippen molar-refractivity contribution in [2.75, 3.05) is 25.9 Å². The van der Waals surface area contributed by atoms with E-state index in [4.69, 9.17) is 0 Å². The molecule has 1 N–H and O–H groups in total. The molecule has 1 amide bonds. The van der Waals surface area contributed by atoms with Crippen LogP contribution in [-0.2, 0) is 21.2 Å². The van der Waals surface area contributed by atoms with E-state index >= 15 is 0 Å². The summed E-state index contributed by atoms with van der Waals surface area (Å²) in [5.41, 5.74) is 0. The second-order valence-corrected chi connectivity index (χ2v) is 8.95. The Hall–Kier alpha value is -1.25. The third kappa shape index (κ3) is 5.12. The molecule has 1 aromatic rings.